The van der Waals surface area contributed by atoms with E-state index < -0.39 is 0 Å². The van der Waals surface area contributed by atoms with E-state index in [-0.39, 0.29) is 0 Å². The number of hydrogen-bond donors (Lipinski definition) is 0. The molecule has 0 bridgehead atoms. The van der Waals surface area contributed by atoms with Crippen molar-refractivity contribution in [3.63, 3.8) is 0 Å². The first kappa shape index (κ1) is 26.3. The van der Waals surface area contributed by atoms with E-state index in [0.29, 0.717) is 0 Å². The van der Waals surface area contributed by atoms with Crippen LogP contribution in [0.1, 0.15) is 162 Å². The Morgan fingerprint density at radius 1 is 0.567 bits per heavy atom. The van der Waals surface area contributed by atoms with Gasteiger partial charge in [-0.25, -0.2) is 0 Å². The largest absolute Gasteiger partial charge is 0.0654 e. The summed E-state index contributed by atoms with van der Waals surface area (Å²) in [5, 5.41) is 0. The van der Waals surface area contributed by atoms with Crippen molar-refractivity contribution in [2.75, 3.05) is 0 Å². The molecule has 30 heavy (non-hydrogen) atoms. The highest BCUT2D eigenvalue weighted by atomic mass is 14.4. The molecule has 0 amide bonds. The Kier molecular flexibility index (Phi) is 14.5. The van der Waals surface area contributed by atoms with Gasteiger partial charge in [0.25, 0.3) is 0 Å². The number of rotatable bonds is 10. The average molecular weight is 419 g/mol. The molecule has 0 heterocycles. The van der Waals surface area contributed by atoms with E-state index in [2.05, 4.69) is 20.8 Å². The highest BCUT2D eigenvalue weighted by Gasteiger charge is 2.32. The average Bonchev–Trinajstić information content (AvgIpc) is 3.64. The first-order valence-electron chi connectivity index (χ1n) is 14.7. The third-order valence-corrected chi connectivity index (χ3v) is 7.99. The Hall–Kier alpha value is 0. The van der Waals surface area contributed by atoms with Crippen LogP contribution in [0.2, 0.25) is 0 Å². The smallest absolute Gasteiger partial charge is 0.0357 e. The van der Waals surface area contributed by atoms with E-state index in [9.17, 15) is 0 Å². The lowest BCUT2D eigenvalue weighted by molar-refractivity contribution is 0.112. The van der Waals surface area contributed by atoms with Gasteiger partial charge in [-0.05, 0) is 48.9 Å². The van der Waals surface area contributed by atoms with Crippen molar-refractivity contribution in [2.45, 2.75) is 162 Å². The molecule has 4 saturated carbocycles. The summed E-state index contributed by atoms with van der Waals surface area (Å²) in [7, 11) is 0. The van der Waals surface area contributed by atoms with Gasteiger partial charge in [-0.2, -0.15) is 0 Å². The fraction of sp³-hybridized carbons (Fsp3) is 1.00. The molecule has 0 radical (unpaired) electrons. The molecule has 0 aromatic carbocycles. The van der Waals surface area contributed by atoms with Crippen molar-refractivity contribution in [1.29, 1.82) is 0 Å². The number of unbranched alkanes of at least 4 members (excludes halogenated alkanes) is 2. The molecule has 0 N–H and O–H groups in total. The van der Waals surface area contributed by atoms with Gasteiger partial charge in [0, 0.05) is 0 Å². The maximum Gasteiger partial charge on any atom is -0.0357 e. The summed E-state index contributed by atoms with van der Waals surface area (Å²) in [6.45, 7) is 7.14. The summed E-state index contributed by atoms with van der Waals surface area (Å²) in [5.41, 5.74) is 0. The molecule has 4 aliphatic carbocycles. The van der Waals surface area contributed by atoms with Gasteiger partial charge in [-0.3, -0.25) is 0 Å². The van der Waals surface area contributed by atoms with Crippen LogP contribution >= 0.6 is 0 Å². The van der Waals surface area contributed by atoms with Crippen LogP contribution in [0.3, 0.4) is 0 Å². The number of hydrogen-bond acceptors (Lipinski definition) is 0. The van der Waals surface area contributed by atoms with E-state index in [1.54, 1.807) is 44.9 Å². The Morgan fingerprint density at radius 2 is 1.10 bits per heavy atom. The van der Waals surface area contributed by atoms with E-state index in [1.165, 1.54) is 96.3 Å². The summed E-state index contributed by atoms with van der Waals surface area (Å²) < 4.78 is 0. The monoisotopic (exact) mass is 418 g/mol. The van der Waals surface area contributed by atoms with Crippen LogP contribution in [-0.4, -0.2) is 0 Å². The zero-order valence-electron chi connectivity index (χ0n) is 21.4. The summed E-state index contributed by atoms with van der Waals surface area (Å²) in [6.07, 6.45) is 33.3. The lowest BCUT2D eigenvalue weighted by atomic mass is 9.66. The minimum Gasteiger partial charge on any atom is -0.0654 e. The highest BCUT2D eigenvalue weighted by molar-refractivity contribution is 4.83. The first-order chi connectivity index (χ1) is 14.7. The van der Waals surface area contributed by atoms with Crippen LogP contribution in [0.15, 0.2) is 0 Å². The molecule has 0 aromatic rings. The van der Waals surface area contributed by atoms with Crippen LogP contribution in [0.5, 0.6) is 0 Å². The quantitative estimate of drug-likeness (QED) is 0.309. The Bertz CT molecular complexity index is 354. The van der Waals surface area contributed by atoms with Gasteiger partial charge in [0.05, 0.1) is 0 Å². The van der Waals surface area contributed by atoms with Gasteiger partial charge < -0.3 is 0 Å². The Morgan fingerprint density at radius 3 is 1.60 bits per heavy atom. The minimum atomic E-state index is 0.895. The summed E-state index contributed by atoms with van der Waals surface area (Å²) in [6, 6.07) is 0. The van der Waals surface area contributed by atoms with Crippen LogP contribution in [-0.2, 0) is 0 Å². The maximum atomic E-state index is 2.40. The van der Waals surface area contributed by atoms with Crippen molar-refractivity contribution in [2.24, 2.45) is 29.6 Å². The lowest BCUT2D eigenvalue weighted by Crippen LogP contribution is -2.29. The molecule has 178 valence electrons. The Labute approximate surface area is 191 Å². The van der Waals surface area contributed by atoms with Gasteiger partial charge in [-0.15, -0.1) is 0 Å². The molecule has 0 nitrogen and oxygen atoms in total. The van der Waals surface area contributed by atoms with Crippen molar-refractivity contribution in [3.05, 3.63) is 0 Å². The van der Waals surface area contributed by atoms with E-state index >= 15 is 0 Å². The molecule has 1 unspecified atom stereocenters. The van der Waals surface area contributed by atoms with Crippen molar-refractivity contribution in [1.82, 2.24) is 0 Å². The molecule has 0 spiro atoms. The first-order valence-corrected chi connectivity index (χ1v) is 14.7. The summed E-state index contributed by atoms with van der Waals surface area (Å²) >= 11 is 0. The SMILES string of the molecule is C1CC1.C1CC1.CCCCCC1CCC(C(CCCC(C)C)C2CCCCC2)CC1. The van der Waals surface area contributed by atoms with Crippen LogP contribution in [0, 0.1) is 29.6 Å². The zero-order valence-corrected chi connectivity index (χ0v) is 21.4. The molecule has 0 saturated heterocycles. The second-order valence-corrected chi connectivity index (χ2v) is 11.8. The van der Waals surface area contributed by atoms with Gasteiger partial charge in [0.1, 0.15) is 0 Å². The van der Waals surface area contributed by atoms with Gasteiger partial charge in [-0.1, -0.05) is 143 Å². The minimum absolute atomic E-state index is 0.895. The topological polar surface area (TPSA) is 0 Å². The zero-order chi connectivity index (χ0) is 21.4. The second kappa shape index (κ2) is 16.6. The predicted molar refractivity (Wildman–Crippen MR) is 136 cm³/mol. The van der Waals surface area contributed by atoms with E-state index in [1.807, 2.05) is 0 Å². The highest BCUT2D eigenvalue weighted by Crippen LogP contribution is 2.44. The summed E-state index contributed by atoms with van der Waals surface area (Å²) in [4.78, 5) is 0. The molecular weight excluding hydrogens is 360 g/mol. The van der Waals surface area contributed by atoms with Crippen molar-refractivity contribution in [3.8, 4) is 0 Å². The maximum absolute atomic E-state index is 2.40. The third-order valence-electron chi connectivity index (χ3n) is 7.99. The van der Waals surface area contributed by atoms with Crippen LogP contribution < -0.4 is 0 Å². The second-order valence-electron chi connectivity index (χ2n) is 11.8. The molecule has 0 aliphatic heterocycles. The molecular formula is C30H58. The molecule has 4 fully saturated rings. The van der Waals surface area contributed by atoms with Crippen molar-refractivity contribution < 1.29 is 0 Å². The summed E-state index contributed by atoms with van der Waals surface area (Å²) in [5.74, 6) is 5.23. The normalized spacial score (nSPS) is 26.8. The van der Waals surface area contributed by atoms with E-state index in [0.717, 1.165) is 29.6 Å². The molecule has 4 aliphatic rings. The van der Waals surface area contributed by atoms with E-state index in [4.69, 9.17) is 0 Å². The van der Waals surface area contributed by atoms with Gasteiger partial charge >= 0.3 is 0 Å². The fourth-order valence-electron chi connectivity index (χ4n) is 5.77. The van der Waals surface area contributed by atoms with Crippen LogP contribution in [0.4, 0.5) is 0 Å². The molecule has 1 atom stereocenters. The van der Waals surface area contributed by atoms with Gasteiger partial charge in [0.15, 0.2) is 0 Å². The lowest BCUT2D eigenvalue weighted by Gasteiger charge is -2.40. The third kappa shape index (κ3) is 13.4. The molecule has 0 heteroatoms. The fourth-order valence-corrected chi connectivity index (χ4v) is 5.77. The molecule has 4 rings (SSSR count). The van der Waals surface area contributed by atoms with Crippen LogP contribution in [0.25, 0.3) is 0 Å². The molecule has 0 aromatic heterocycles. The van der Waals surface area contributed by atoms with Gasteiger partial charge in [0.2, 0.25) is 0 Å². The standard InChI is InChI=1S/C24H46.2C3H6/c1-4-5-7-12-21-16-18-23(19-17-21)24(15-10-11-20(2)3)22-13-8-6-9-14-22;2*1-2-3-1/h20-24H,4-19H2,1-3H3;2*1-3H2. The Balaban J connectivity index is 0.000000454. The predicted octanol–water partition coefficient (Wildman–Crippen LogP) is 10.7. The van der Waals surface area contributed by atoms with Crippen molar-refractivity contribution >= 4 is 0 Å².